The van der Waals surface area contributed by atoms with Gasteiger partial charge in [-0.3, -0.25) is 4.79 Å². The second-order valence-electron chi connectivity index (χ2n) is 0.953. The molecule has 0 heterocycles. The molecule has 0 aromatic carbocycles. The maximum Gasteiger partial charge on any atom is 0.297 e. The Labute approximate surface area is 65.4 Å². The van der Waals surface area contributed by atoms with Crippen molar-refractivity contribution in [3.8, 4) is 0 Å². The molecule has 0 spiro atoms. The van der Waals surface area contributed by atoms with Gasteiger partial charge in [0.2, 0.25) is 0 Å². The lowest BCUT2D eigenvalue weighted by molar-refractivity contribution is -0.123. The Bertz CT molecular complexity index is 113. The summed E-state index contributed by atoms with van der Waals surface area (Å²) in [6.45, 7) is 6.79. The Morgan fingerprint density at radius 1 is 1.40 bits per heavy atom. The highest BCUT2D eigenvalue weighted by Crippen LogP contribution is 1.74. The van der Waals surface area contributed by atoms with Crippen LogP contribution in [-0.4, -0.2) is 6.47 Å². The second-order valence-corrected chi connectivity index (χ2v) is 1.21. The number of carbonyl (C=O) groups excluding carboxylic acids is 1. The number of halogens is 1. The molecule has 0 aromatic heterocycles. The average molecular weight is 161 g/mol. The Morgan fingerprint density at radius 2 is 2.00 bits per heavy atom. The molecule has 10 heavy (non-hydrogen) atoms. The normalized spacial score (nSPS) is 7.30. The number of hydrogen-bond acceptors (Lipinski definition) is 2. The Hall–Kier alpha value is -1.02. The van der Waals surface area contributed by atoms with E-state index in [1.165, 1.54) is 5.54 Å². The van der Waals surface area contributed by atoms with Crippen molar-refractivity contribution in [1.29, 1.82) is 0 Å². The third-order valence-corrected chi connectivity index (χ3v) is 0.506. The molecule has 0 saturated carbocycles. The minimum Gasteiger partial charge on any atom is -0.437 e. The summed E-state index contributed by atoms with van der Waals surface area (Å²) in [5.74, 6) is 0. The molecule has 3 heteroatoms. The Balaban J connectivity index is 0. The first-order valence-electron chi connectivity index (χ1n) is 2.41. The summed E-state index contributed by atoms with van der Waals surface area (Å²) in [6, 6.07) is 0. The van der Waals surface area contributed by atoms with Crippen molar-refractivity contribution >= 4 is 18.1 Å². The zero-order valence-electron chi connectivity index (χ0n) is 5.50. The standard InChI is InChI=1S/C4H5Cl.C3H4O2/c1-2-3-4-5;1-2-5-3-4/h2-4H,1H2;2-3H,1H2. The van der Waals surface area contributed by atoms with Gasteiger partial charge in [-0.1, -0.05) is 36.9 Å². The van der Waals surface area contributed by atoms with Crippen LogP contribution in [-0.2, 0) is 9.53 Å². The molecule has 0 aromatic rings. The summed E-state index contributed by atoms with van der Waals surface area (Å²) in [6.07, 6.45) is 4.33. The lowest BCUT2D eigenvalue weighted by Gasteiger charge is -1.71. The summed E-state index contributed by atoms with van der Waals surface area (Å²) in [4.78, 5) is 9.11. The highest BCUT2D eigenvalue weighted by Gasteiger charge is 1.52. The first-order valence-corrected chi connectivity index (χ1v) is 2.84. The fourth-order valence-corrected chi connectivity index (χ4v) is 0.194. The minimum absolute atomic E-state index is 0.312. The molecule has 0 aliphatic heterocycles. The highest BCUT2D eigenvalue weighted by molar-refractivity contribution is 6.25. The van der Waals surface area contributed by atoms with Crippen molar-refractivity contribution < 1.29 is 9.53 Å². The molecule has 0 aliphatic rings. The molecular weight excluding hydrogens is 152 g/mol. The fraction of sp³-hybridized carbons (Fsp3) is 0. The van der Waals surface area contributed by atoms with E-state index in [1.807, 2.05) is 0 Å². The van der Waals surface area contributed by atoms with Crippen molar-refractivity contribution in [1.82, 2.24) is 0 Å². The van der Waals surface area contributed by atoms with Crippen molar-refractivity contribution in [2.75, 3.05) is 0 Å². The van der Waals surface area contributed by atoms with Crippen LogP contribution in [0.5, 0.6) is 0 Å². The monoisotopic (exact) mass is 160 g/mol. The summed E-state index contributed by atoms with van der Waals surface area (Å²) < 4.78 is 3.92. The van der Waals surface area contributed by atoms with E-state index >= 15 is 0 Å². The topological polar surface area (TPSA) is 26.3 Å². The number of hydrogen-bond donors (Lipinski definition) is 0. The van der Waals surface area contributed by atoms with Crippen molar-refractivity contribution in [3.05, 3.63) is 37.1 Å². The Kier molecular flexibility index (Phi) is 18.4. The predicted molar refractivity (Wildman–Crippen MR) is 42.5 cm³/mol. The van der Waals surface area contributed by atoms with Gasteiger partial charge in [-0.15, -0.1) is 0 Å². The third kappa shape index (κ3) is 28.1. The van der Waals surface area contributed by atoms with Crippen LogP contribution in [0.3, 0.4) is 0 Å². The smallest absolute Gasteiger partial charge is 0.297 e. The molecule has 0 radical (unpaired) electrons. The molecule has 0 N–H and O–H groups in total. The Morgan fingerprint density at radius 3 is 2.00 bits per heavy atom. The fourth-order valence-electron chi connectivity index (χ4n) is 0.0907. The van der Waals surface area contributed by atoms with Crippen molar-refractivity contribution in [2.24, 2.45) is 0 Å². The number of rotatable bonds is 3. The maximum atomic E-state index is 9.11. The summed E-state index contributed by atoms with van der Waals surface area (Å²) >= 11 is 5.05. The molecule has 0 aliphatic carbocycles. The molecule has 0 atom stereocenters. The molecule has 2 nitrogen and oxygen atoms in total. The third-order valence-electron chi connectivity index (χ3n) is 0.361. The zero-order valence-corrected chi connectivity index (χ0v) is 6.25. The molecule has 56 valence electrons. The van der Waals surface area contributed by atoms with E-state index in [1.54, 1.807) is 12.2 Å². The van der Waals surface area contributed by atoms with Crippen LogP contribution >= 0.6 is 11.6 Å². The second kappa shape index (κ2) is 15.7. The van der Waals surface area contributed by atoms with Gasteiger partial charge in [0.25, 0.3) is 6.47 Å². The summed E-state index contributed by atoms with van der Waals surface area (Å²) in [5.41, 5.74) is 1.41. The summed E-state index contributed by atoms with van der Waals surface area (Å²) in [5, 5.41) is 0. The van der Waals surface area contributed by atoms with Crippen LogP contribution in [0.2, 0.25) is 0 Å². The number of allylic oxidation sites excluding steroid dienone is 2. The summed E-state index contributed by atoms with van der Waals surface area (Å²) in [7, 11) is 0. The highest BCUT2D eigenvalue weighted by atomic mass is 35.5. The average Bonchev–Trinajstić information content (AvgIpc) is 1.93. The lowest BCUT2D eigenvalue weighted by atomic mass is 10.6. The molecule has 0 saturated heterocycles. The van der Waals surface area contributed by atoms with Gasteiger partial charge in [0.15, 0.2) is 0 Å². The molecule has 0 amide bonds. The van der Waals surface area contributed by atoms with Gasteiger partial charge < -0.3 is 4.74 Å². The van der Waals surface area contributed by atoms with Crippen molar-refractivity contribution in [3.63, 3.8) is 0 Å². The van der Waals surface area contributed by atoms with E-state index in [4.69, 9.17) is 16.4 Å². The number of carbonyl (C=O) groups is 1. The van der Waals surface area contributed by atoms with E-state index in [0.29, 0.717) is 6.47 Å². The van der Waals surface area contributed by atoms with Crippen LogP contribution in [0.15, 0.2) is 37.1 Å². The van der Waals surface area contributed by atoms with Gasteiger partial charge in [-0.25, -0.2) is 0 Å². The minimum atomic E-state index is 0.312. The van der Waals surface area contributed by atoms with Gasteiger partial charge in [0, 0.05) is 5.54 Å². The molecule has 0 fully saturated rings. The van der Waals surface area contributed by atoms with E-state index in [-0.39, 0.29) is 0 Å². The molecular formula is C7H9ClO2. The van der Waals surface area contributed by atoms with Crippen LogP contribution < -0.4 is 0 Å². The van der Waals surface area contributed by atoms with E-state index in [2.05, 4.69) is 17.9 Å². The van der Waals surface area contributed by atoms with E-state index in [0.717, 1.165) is 6.26 Å². The van der Waals surface area contributed by atoms with Crippen LogP contribution in [0.4, 0.5) is 0 Å². The quantitative estimate of drug-likeness (QED) is 0.360. The van der Waals surface area contributed by atoms with Gasteiger partial charge in [-0.2, -0.15) is 0 Å². The maximum absolute atomic E-state index is 9.11. The van der Waals surface area contributed by atoms with Gasteiger partial charge >= 0.3 is 0 Å². The van der Waals surface area contributed by atoms with Gasteiger partial charge in [0.1, 0.15) is 0 Å². The van der Waals surface area contributed by atoms with Crippen LogP contribution in [0, 0.1) is 0 Å². The first-order chi connectivity index (χ1) is 4.83. The predicted octanol–water partition coefficient (Wildman–Crippen LogP) is 2.23. The van der Waals surface area contributed by atoms with E-state index < -0.39 is 0 Å². The first kappa shape index (κ1) is 11.7. The van der Waals surface area contributed by atoms with Crippen LogP contribution in [0.1, 0.15) is 0 Å². The van der Waals surface area contributed by atoms with Gasteiger partial charge in [0.05, 0.1) is 6.26 Å². The van der Waals surface area contributed by atoms with Crippen molar-refractivity contribution in [2.45, 2.75) is 0 Å². The SMILES string of the molecule is C=CC=CCl.C=COC=O. The zero-order chi connectivity index (χ0) is 8.24. The van der Waals surface area contributed by atoms with E-state index in [9.17, 15) is 0 Å². The lowest BCUT2D eigenvalue weighted by Crippen LogP contribution is -1.66. The van der Waals surface area contributed by atoms with Crippen LogP contribution in [0.25, 0.3) is 0 Å². The molecule has 0 rings (SSSR count). The van der Waals surface area contributed by atoms with Gasteiger partial charge in [-0.05, 0) is 0 Å². The largest absolute Gasteiger partial charge is 0.437 e. The molecule has 0 unspecified atom stereocenters. The molecule has 0 bridgehead atoms. The number of ether oxygens (including phenoxy) is 1.